The van der Waals surface area contributed by atoms with Crippen LogP contribution in [0.5, 0.6) is 11.5 Å². The average molecular weight is 474 g/mol. The highest BCUT2D eigenvalue weighted by molar-refractivity contribution is 7.89. The Balaban J connectivity index is 1.69. The Bertz CT molecular complexity index is 1170. The van der Waals surface area contributed by atoms with Gasteiger partial charge in [-0.1, -0.05) is 12.8 Å². The molecular weight excluding hydrogens is 449 g/mol. The van der Waals surface area contributed by atoms with Gasteiger partial charge in [0, 0.05) is 13.1 Å². The number of hydrogen-bond acceptors (Lipinski definition) is 6. The summed E-state index contributed by atoms with van der Waals surface area (Å²) in [6.07, 6.45) is 2.42. The third kappa shape index (κ3) is 4.85. The van der Waals surface area contributed by atoms with Gasteiger partial charge in [-0.05, 0) is 55.3 Å². The van der Waals surface area contributed by atoms with Gasteiger partial charge < -0.3 is 14.8 Å². The molecule has 0 unspecified atom stereocenters. The monoisotopic (exact) mass is 473 g/mol. The Morgan fingerprint density at radius 2 is 1.79 bits per heavy atom. The van der Waals surface area contributed by atoms with E-state index in [0.717, 1.165) is 12.8 Å². The van der Waals surface area contributed by atoms with Gasteiger partial charge in [-0.15, -0.1) is 0 Å². The van der Waals surface area contributed by atoms with Gasteiger partial charge in [-0.25, -0.2) is 12.8 Å². The molecule has 0 atom stereocenters. The highest BCUT2D eigenvalue weighted by atomic mass is 32.2. The van der Waals surface area contributed by atoms with Crippen LogP contribution < -0.4 is 10.1 Å². The molecule has 2 aromatic carbocycles. The fraction of sp³-hybridized carbons (Fsp3) is 0.391. The maximum Gasteiger partial charge on any atom is 0.244 e. The predicted octanol–water partition coefficient (Wildman–Crippen LogP) is 3.66. The van der Waals surface area contributed by atoms with Crippen molar-refractivity contribution in [1.29, 1.82) is 5.26 Å². The van der Waals surface area contributed by atoms with E-state index in [9.17, 15) is 22.9 Å². The van der Waals surface area contributed by atoms with Gasteiger partial charge in [0.05, 0.1) is 29.9 Å². The minimum Gasteiger partial charge on any atom is -0.455 e. The minimum atomic E-state index is -3.82. The topological polar surface area (TPSA) is 109 Å². The van der Waals surface area contributed by atoms with Crippen LogP contribution in [0.3, 0.4) is 0 Å². The number of nitrogens with one attached hydrogen (secondary N) is 1. The fourth-order valence-corrected chi connectivity index (χ4v) is 5.47. The zero-order chi connectivity index (χ0) is 23.5. The van der Waals surface area contributed by atoms with Crippen LogP contribution in [0.15, 0.2) is 47.4 Å². The molecule has 0 aromatic heterocycles. The van der Waals surface area contributed by atoms with Gasteiger partial charge in [-0.2, -0.15) is 9.57 Å². The predicted molar refractivity (Wildman–Crippen MR) is 118 cm³/mol. The summed E-state index contributed by atoms with van der Waals surface area (Å²) in [7, 11) is -3.82. The molecule has 1 aliphatic heterocycles. The minimum absolute atomic E-state index is 0.0106. The van der Waals surface area contributed by atoms with Crippen molar-refractivity contribution in [3.05, 3.63) is 48.3 Å². The molecule has 10 heteroatoms. The van der Waals surface area contributed by atoms with Crippen LogP contribution >= 0.6 is 0 Å². The molecule has 1 N–H and O–H groups in total. The number of nitriles is 1. The summed E-state index contributed by atoms with van der Waals surface area (Å²) in [4.78, 5) is 13.1. The van der Waals surface area contributed by atoms with Crippen LogP contribution in [0.4, 0.5) is 10.1 Å². The molecule has 2 fully saturated rings. The summed E-state index contributed by atoms with van der Waals surface area (Å²) < 4.78 is 51.9. The van der Waals surface area contributed by atoms with Crippen LogP contribution in [0.1, 0.15) is 25.7 Å². The zero-order valence-corrected chi connectivity index (χ0v) is 18.7. The van der Waals surface area contributed by atoms with Gasteiger partial charge >= 0.3 is 0 Å². The van der Waals surface area contributed by atoms with E-state index in [0.29, 0.717) is 31.8 Å². The lowest BCUT2D eigenvalue weighted by Gasteiger charge is -2.26. The van der Waals surface area contributed by atoms with Crippen LogP contribution in [-0.2, 0) is 19.6 Å². The molecule has 1 saturated heterocycles. The molecule has 4 rings (SSSR count). The van der Waals surface area contributed by atoms with E-state index < -0.39 is 27.2 Å². The number of nitrogens with zero attached hydrogens (tertiary/aromatic N) is 2. The Hall–Kier alpha value is -3.00. The lowest BCUT2D eigenvalue weighted by atomic mass is 9.87. The second kappa shape index (κ2) is 9.47. The van der Waals surface area contributed by atoms with Crippen molar-refractivity contribution in [2.24, 2.45) is 5.41 Å². The standard InChI is InChI=1S/C23H24FN3O5S/c24-17-3-5-18(6-4-17)32-21-8-7-19(33(29,30)27-11-13-31-14-12-27)15-20(21)26-22(28)23(16-25)9-1-2-10-23/h3-8,15H,1-2,9-14H2,(H,26,28). The van der Waals surface area contributed by atoms with Crippen molar-refractivity contribution in [2.75, 3.05) is 31.6 Å². The Kier molecular flexibility index (Phi) is 6.65. The summed E-state index contributed by atoms with van der Waals surface area (Å²) in [6, 6.07) is 11.6. The number of ether oxygens (including phenoxy) is 2. The Morgan fingerprint density at radius 3 is 2.42 bits per heavy atom. The van der Waals surface area contributed by atoms with Crippen molar-refractivity contribution in [3.8, 4) is 17.6 Å². The third-order valence-corrected chi connectivity index (χ3v) is 7.85. The van der Waals surface area contributed by atoms with E-state index in [2.05, 4.69) is 11.4 Å². The number of hydrogen-bond donors (Lipinski definition) is 1. The first-order chi connectivity index (χ1) is 15.8. The van der Waals surface area contributed by atoms with E-state index in [-0.39, 0.29) is 29.4 Å². The molecule has 1 amide bonds. The molecule has 33 heavy (non-hydrogen) atoms. The lowest BCUT2D eigenvalue weighted by molar-refractivity contribution is -0.122. The molecule has 2 aliphatic rings. The average Bonchev–Trinajstić information content (AvgIpc) is 3.33. The molecular formula is C23H24FN3O5S. The molecule has 0 spiro atoms. The van der Waals surface area contributed by atoms with Crippen molar-refractivity contribution in [1.82, 2.24) is 4.31 Å². The third-order valence-electron chi connectivity index (χ3n) is 5.95. The van der Waals surface area contributed by atoms with E-state index in [1.54, 1.807) is 0 Å². The maximum absolute atomic E-state index is 13.3. The number of anilines is 1. The highest BCUT2D eigenvalue weighted by Gasteiger charge is 2.42. The number of rotatable bonds is 6. The van der Waals surface area contributed by atoms with Gasteiger partial charge in [0.2, 0.25) is 15.9 Å². The summed E-state index contributed by atoms with van der Waals surface area (Å²) in [5.74, 6) is -0.430. The second-order valence-electron chi connectivity index (χ2n) is 8.09. The number of benzene rings is 2. The largest absolute Gasteiger partial charge is 0.455 e. The summed E-state index contributed by atoms with van der Waals surface area (Å²) >= 11 is 0. The van der Waals surface area contributed by atoms with E-state index >= 15 is 0 Å². The molecule has 174 valence electrons. The first kappa shape index (κ1) is 23.2. The van der Waals surface area contributed by atoms with Crippen LogP contribution in [0.25, 0.3) is 0 Å². The quantitative estimate of drug-likeness (QED) is 0.686. The number of halogens is 1. The number of morpholine rings is 1. The summed E-state index contributed by atoms with van der Waals surface area (Å²) in [5, 5.41) is 12.4. The van der Waals surface area contributed by atoms with Crippen molar-refractivity contribution >= 4 is 21.6 Å². The normalized spacial score (nSPS) is 18.4. The van der Waals surface area contributed by atoms with Crippen LogP contribution in [0, 0.1) is 22.6 Å². The van der Waals surface area contributed by atoms with Crippen LogP contribution in [0.2, 0.25) is 0 Å². The summed E-state index contributed by atoms with van der Waals surface area (Å²) in [5.41, 5.74) is -1.04. The Labute approximate surface area is 192 Å². The first-order valence-electron chi connectivity index (χ1n) is 10.7. The van der Waals surface area contributed by atoms with Gasteiger partial charge in [-0.3, -0.25) is 4.79 Å². The van der Waals surface area contributed by atoms with E-state index in [4.69, 9.17) is 9.47 Å². The highest BCUT2D eigenvalue weighted by Crippen LogP contribution is 2.40. The zero-order valence-electron chi connectivity index (χ0n) is 17.9. The van der Waals surface area contributed by atoms with Gasteiger partial charge in [0.15, 0.2) is 5.75 Å². The van der Waals surface area contributed by atoms with E-state index in [1.807, 2.05) is 0 Å². The molecule has 1 saturated carbocycles. The number of carbonyl (C=O) groups is 1. The fourth-order valence-electron chi connectivity index (χ4n) is 4.03. The molecule has 1 aliphatic carbocycles. The number of amides is 1. The molecule has 0 bridgehead atoms. The second-order valence-corrected chi connectivity index (χ2v) is 10.0. The Morgan fingerprint density at radius 1 is 1.12 bits per heavy atom. The van der Waals surface area contributed by atoms with Crippen molar-refractivity contribution in [3.63, 3.8) is 0 Å². The number of carbonyl (C=O) groups excluding carboxylic acids is 1. The molecule has 0 radical (unpaired) electrons. The van der Waals surface area contributed by atoms with Gasteiger partial charge in [0.1, 0.15) is 17.0 Å². The lowest BCUT2D eigenvalue weighted by Crippen LogP contribution is -2.40. The molecule has 8 nitrogen and oxygen atoms in total. The first-order valence-corrected chi connectivity index (χ1v) is 12.2. The molecule has 1 heterocycles. The molecule has 2 aromatic rings. The van der Waals surface area contributed by atoms with E-state index in [1.165, 1.54) is 46.8 Å². The number of sulfonamides is 1. The SMILES string of the molecule is N#CC1(C(=O)Nc2cc(S(=O)(=O)N3CCOCC3)ccc2Oc2ccc(F)cc2)CCCC1. The van der Waals surface area contributed by atoms with Crippen molar-refractivity contribution < 1.29 is 27.1 Å². The van der Waals surface area contributed by atoms with Crippen molar-refractivity contribution in [2.45, 2.75) is 30.6 Å². The smallest absolute Gasteiger partial charge is 0.244 e. The van der Waals surface area contributed by atoms with Gasteiger partial charge in [0.25, 0.3) is 0 Å². The van der Waals surface area contributed by atoms with Crippen LogP contribution in [-0.4, -0.2) is 44.9 Å². The maximum atomic E-state index is 13.3. The summed E-state index contributed by atoms with van der Waals surface area (Å²) in [6.45, 7) is 1.07.